The van der Waals surface area contributed by atoms with Gasteiger partial charge < -0.3 is 5.32 Å². The highest BCUT2D eigenvalue weighted by Gasteiger charge is 2.17. The molecule has 17 heavy (non-hydrogen) atoms. The summed E-state index contributed by atoms with van der Waals surface area (Å²) in [4.78, 5) is 3.20. The molecule has 0 bridgehead atoms. The summed E-state index contributed by atoms with van der Waals surface area (Å²) in [6, 6.07) is 3.61. The summed E-state index contributed by atoms with van der Waals surface area (Å²) in [5.41, 5.74) is 1.63. The molecule has 0 aromatic carbocycles. The fraction of sp³-hybridized carbons (Fsp3) is 0.733. The second-order valence-electron chi connectivity index (χ2n) is 5.38. The first-order valence-corrected chi connectivity index (χ1v) is 7.90. The Bertz CT molecular complexity index is 332. The molecule has 0 amide bonds. The van der Waals surface area contributed by atoms with Crippen molar-refractivity contribution in [1.29, 1.82) is 0 Å². The van der Waals surface area contributed by atoms with Gasteiger partial charge in [0.2, 0.25) is 0 Å². The summed E-state index contributed by atoms with van der Waals surface area (Å²) in [6.45, 7) is 6.86. The number of aryl methyl sites for hydroxylation is 2. The topological polar surface area (TPSA) is 12.0 Å². The van der Waals surface area contributed by atoms with Crippen LogP contribution < -0.4 is 5.32 Å². The predicted molar refractivity (Wildman–Crippen MR) is 76.9 cm³/mol. The number of hydrogen-bond donors (Lipinski definition) is 1. The molecule has 1 heterocycles. The predicted octanol–water partition coefficient (Wildman–Crippen LogP) is 4.47. The maximum atomic E-state index is 3.72. The van der Waals surface area contributed by atoms with Crippen LogP contribution in [0.4, 0.5) is 0 Å². The van der Waals surface area contributed by atoms with Crippen LogP contribution in [0.15, 0.2) is 6.07 Å². The van der Waals surface area contributed by atoms with Crippen molar-refractivity contribution in [2.45, 2.75) is 71.4 Å². The SMILES string of the molecule is CCCC(C)NC(C)c1cc2c(s1)CCCC2. The van der Waals surface area contributed by atoms with Crippen LogP contribution in [-0.4, -0.2) is 6.04 Å². The smallest absolute Gasteiger partial charge is 0.0388 e. The summed E-state index contributed by atoms with van der Waals surface area (Å²) in [7, 11) is 0. The summed E-state index contributed by atoms with van der Waals surface area (Å²) in [5, 5.41) is 3.72. The maximum Gasteiger partial charge on any atom is 0.0388 e. The molecule has 1 aromatic heterocycles. The van der Waals surface area contributed by atoms with Gasteiger partial charge in [0.15, 0.2) is 0 Å². The first-order chi connectivity index (χ1) is 8.20. The monoisotopic (exact) mass is 251 g/mol. The van der Waals surface area contributed by atoms with Crippen LogP contribution >= 0.6 is 11.3 Å². The van der Waals surface area contributed by atoms with Crippen molar-refractivity contribution in [3.05, 3.63) is 21.4 Å². The molecule has 2 rings (SSSR count). The Morgan fingerprint density at radius 1 is 1.29 bits per heavy atom. The Morgan fingerprint density at radius 2 is 2.06 bits per heavy atom. The van der Waals surface area contributed by atoms with Crippen LogP contribution in [0.25, 0.3) is 0 Å². The van der Waals surface area contributed by atoms with E-state index >= 15 is 0 Å². The van der Waals surface area contributed by atoms with Gasteiger partial charge in [-0.15, -0.1) is 11.3 Å². The molecule has 1 aliphatic rings. The van der Waals surface area contributed by atoms with Gasteiger partial charge in [-0.2, -0.15) is 0 Å². The zero-order valence-corrected chi connectivity index (χ0v) is 12.2. The molecule has 2 atom stereocenters. The Kier molecular flexibility index (Phi) is 4.63. The normalized spacial score (nSPS) is 18.8. The minimum absolute atomic E-state index is 0.521. The average molecular weight is 251 g/mol. The fourth-order valence-electron chi connectivity index (χ4n) is 2.75. The van der Waals surface area contributed by atoms with Crippen molar-refractivity contribution >= 4 is 11.3 Å². The van der Waals surface area contributed by atoms with Crippen molar-refractivity contribution in [3.8, 4) is 0 Å². The van der Waals surface area contributed by atoms with Gasteiger partial charge >= 0.3 is 0 Å². The quantitative estimate of drug-likeness (QED) is 0.814. The molecule has 2 unspecified atom stereocenters. The van der Waals surface area contributed by atoms with Crippen LogP contribution in [0.3, 0.4) is 0 Å². The van der Waals surface area contributed by atoms with E-state index in [9.17, 15) is 0 Å². The molecule has 1 nitrogen and oxygen atoms in total. The lowest BCUT2D eigenvalue weighted by atomic mass is 9.99. The molecule has 96 valence electrons. The van der Waals surface area contributed by atoms with Crippen LogP contribution in [0, 0.1) is 0 Å². The minimum Gasteiger partial charge on any atom is -0.307 e. The molecule has 0 saturated carbocycles. The van der Waals surface area contributed by atoms with Crippen LogP contribution in [0.5, 0.6) is 0 Å². The van der Waals surface area contributed by atoms with E-state index in [1.165, 1.54) is 38.5 Å². The Morgan fingerprint density at radius 3 is 2.76 bits per heavy atom. The van der Waals surface area contributed by atoms with Gasteiger partial charge in [0, 0.05) is 21.8 Å². The van der Waals surface area contributed by atoms with Gasteiger partial charge in [-0.05, 0) is 57.6 Å². The van der Waals surface area contributed by atoms with Gasteiger partial charge in [0.25, 0.3) is 0 Å². The van der Waals surface area contributed by atoms with Gasteiger partial charge in [-0.3, -0.25) is 0 Å². The zero-order chi connectivity index (χ0) is 12.3. The Balaban J connectivity index is 1.99. The van der Waals surface area contributed by atoms with Crippen molar-refractivity contribution in [2.75, 3.05) is 0 Å². The van der Waals surface area contributed by atoms with Crippen LogP contribution in [0.1, 0.15) is 67.8 Å². The number of rotatable bonds is 5. The third kappa shape index (κ3) is 3.32. The Labute approximate surface area is 110 Å². The van der Waals surface area contributed by atoms with E-state index in [0.717, 1.165) is 0 Å². The summed E-state index contributed by atoms with van der Waals surface area (Å²) in [6.07, 6.45) is 7.94. The second-order valence-corrected chi connectivity index (χ2v) is 6.55. The van der Waals surface area contributed by atoms with Gasteiger partial charge in [-0.1, -0.05) is 13.3 Å². The Hall–Kier alpha value is -0.340. The van der Waals surface area contributed by atoms with E-state index in [1.807, 2.05) is 11.3 Å². The average Bonchev–Trinajstić information content (AvgIpc) is 2.72. The minimum atomic E-state index is 0.521. The van der Waals surface area contributed by atoms with Gasteiger partial charge in [0.05, 0.1) is 0 Å². The molecule has 0 aliphatic heterocycles. The van der Waals surface area contributed by atoms with E-state index in [4.69, 9.17) is 0 Å². The van der Waals surface area contributed by atoms with Crippen molar-refractivity contribution in [3.63, 3.8) is 0 Å². The van der Waals surface area contributed by atoms with Crippen molar-refractivity contribution in [2.24, 2.45) is 0 Å². The second kappa shape index (κ2) is 6.01. The first kappa shape index (κ1) is 13.1. The largest absolute Gasteiger partial charge is 0.307 e. The van der Waals surface area contributed by atoms with Crippen molar-refractivity contribution < 1.29 is 0 Å². The number of fused-ring (bicyclic) bond motifs is 1. The van der Waals surface area contributed by atoms with Crippen LogP contribution in [0.2, 0.25) is 0 Å². The molecule has 1 aromatic rings. The molecule has 1 aliphatic carbocycles. The van der Waals surface area contributed by atoms with Gasteiger partial charge in [-0.25, -0.2) is 0 Å². The summed E-state index contributed by atoms with van der Waals surface area (Å²) < 4.78 is 0. The van der Waals surface area contributed by atoms with E-state index in [2.05, 4.69) is 32.2 Å². The van der Waals surface area contributed by atoms with E-state index in [0.29, 0.717) is 12.1 Å². The molecular formula is C15H25NS. The number of nitrogens with one attached hydrogen (secondary N) is 1. The molecule has 1 N–H and O–H groups in total. The number of thiophene rings is 1. The maximum absolute atomic E-state index is 3.72. The molecule has 0 radical (unpaired) electrons. The third-order valence-corrected chi connectivity index (χ3v) is 5.12. The van der Waals surface area contributed by atoms with Crippen LogP contribution in [-0.2, 0) is 12.8 Å². The van der Waals surface area contributed by atoms with E-state index in [1.54, 1.807) is 15.3 Å². The summed E-state index contributed by atoms with van der Waals surface area (Å²) in [5.74, 6) is 0. The fourth-order valence-corrected chi connectivity index (χ4v) is 4.02. The molecule has 0 fully saturated rings. The van der Waals surface area contributed by atoms with Gasteiger partial charge in [0.1, 0.15) is 0 Å². The highest BCUT2D eigenvalue weighted by atomic mass is 32.1. The lowest BCUT2D eigenvalue weighted by molar-refractivity contribution is 0.456. The summed E-state index contributed by atoms with van der Waals surface area (Å²) >= 11 is 2.04. The zero-order valence-electron chi connectivity index (χ0n) is 11.4. The lowest BCUT2D eigenvalue weighted by Crippen LogP contribution is -2.28. The molecule has 2 heteroatoms. The third-order valence-electron chi connectivity index (χ3n) is 3.70. The lowest BCUT2D eigenvalue weighted by Gasteiger charge is -2.18. The highest BCUT2D eigenvalue weighted by Crippen LogP contribution is 2.32. The molecule has 0 spiro atoms. The standard InChI is InChI=1S/C15H25NS/c1-4-7-11(2)16-12(3)15-10-13-8-5-6-9-14(13)17-15/h10-12,16H,4-9H2,1-3H3. The van der Waals surface area contributed by atoms with E-state index in [-0.39, 0.29) is 0 Å². The van der Waals surface area contributed by atoms with Crippen molar-refractivity contribution in [1.82, 2.24) is 5.32 Å². The van der Waals surface area contributed by atoms with E-state index < -0.39 is 0 Å². The molecular weight excluding hydrogens is 226 g/mol. The molecule has 0 saturated heterocycles. The number of hydrogen-bond acceptors (Lipinski definition) is 2. The highest BCUT2D eigenvalue weighted by molar-refractivity contribution is 7.12. The first-order valence-electron chi connectivity index (χ1n) is 7.08.